The summed E-state index contributed by atoms with van der Waals surface area (Å²) in [4.78, 5) is 4.17. The van der Waals surface area contributed by atoms with Crippen LogP contribution in [0.3, 0.4) is 0 Å². The van der Waals surface area contributed by atoms with E-state index in [2.05, 4.69) is 14.7 Å². The molecular formula is C7H14N4S. The number of unbranched alkanes of at least 4 members (excludes halogenated alkanes) is 1. The van der Waals surface area contributed by atoms with Crippen molar-refractivity contribution >= 4 is 16.7 Å². The molecule has 0 amide bonds. The van der Waals surface area contributed by atoms with E-state index in [4.69, 9.17) is 5.73 Å². The Hall–Kier alpha value is -0.680. The molecule has 5 heteroatoms. The van der Waals surface area contributed by atoms with E-state index in [0.717, 1.165) is 36.9 Å². The Bertz CT molecular complexity index is 223. The van der Waals surface area contributed by atoms with Crippen LogP contribution in [-0.4, -0.2) is 22.4 Å². The third-order valence-electron chi connectivity index (χ3n) is 1.43. The molecule has 0 unspecified atom stereocenters. The van der Waals surface area contributed by atoms with Gasteiger partial charge in [-0.2, -0.15) is 4.37 Å². The van der Waals surface area contributed by atoms with Gasteiger partial charge in [-0.3, -0.25) is 0 Å². The summed E-state index contributed by atoms with van der Waals surface area (Å²) in [5.74, 6) is 0.835. The number of rotatable bonds is 5. The van der Waals surface area contributed by atoms with Crippen molar-refractivity contribution in [3.8, 4) is 0 Å². The Morgan fingerprint density at radius 1 is 1.50 bits per heavy atom. The van der Waals surface area contributed by atoms with Crippen molar-refractivity contribution in [3.63, 3.8) is 0 Å². The van der Waals surface area contributed by atoms with E-state index in [1.807, 2.05) is 6.92 Å². The highest BCUT2D eigenvalue weighted by molar-refractivity contribution is 7.09. The smallest absolute Gasteiger partial charge is 0.202 e. The first-order valence-electron chi connectivity index (χ1n) is 4.07. The molecule has 1 heterocycles. The van der Waals surface area contributed by atoms with Gasteiger partial charge in [0.15, 0.2) is 0 Å². The van der Waals surface area contributed by atoms with Crippen LogP contribution in [0.5, 0.6) is 0 Å². The van der Waals surface area contributed by atoms with Gasteiger partial charge >= 0.3 is 0 Å². The summed E-state index contributed by atoms with van der Waals surface area (Å²) in [5.41, 5.74) is 5.36. The van der Waals surface area contributed by atoms with Gasteiger partial charge in [0, 0.05) is 18.1 Å². The fourth-order valence-electron chi connectivity index (χ4n) is 0.834. The van der Waals surface area contributed by atoms with Crippen LogP contribution in [-0.2, 0) is 0 Å². The maximum atomic E-state index is 5.36. The van der Waals surface area contributed by atoms with Gasteiger partial charge in [0.2, 0.25) is 5.13 Å². The third kappa shape index (κ3) is 3.15. The van der Waals surface area contributed by atoms with Crippen LogP contribution in [0.2, 0.25) is 0 Å². The van der Waals surface area contributed by atoms with Crippen LogP contribution in [0, 0.1) is 6.92 Å². The van der Waals surface area contributed by atoms with E-state index >= 15 is 0 Å². The summed E-state index contributed by atoms with van der Waals surface area (Å²) in [6.45, 7) is 3.59. The Morgan fingerprint density at radius 2 is 2.33 bits per heavy atom. The van der Waals surface area contributed by atoms with Gasteiger partial charge in [-0.15, -0.1) is 0 Å². The quantitative estimate of drug-likeness (QED) is 0.673. The first-order valence-corrected chi connectivity index (χ1v) is 4.84. The number of aryl methyl sites for hydroxylation is 1. The summed E-state index contributed by atoms with van der Waals surface area (Å²) in [6, 6.07) is 0. The summed E-state index contributed by atoms with van der Waals surface area (Å²) in [6.07, 6.45) is 2.15. The molecule has 3 N–H and O–H groups in total. The predicted octanol–water partition coefficient (Wildman–Crippen LogP) is 0.997. The second-order valence-corrected chi connectivity index (χ2v) is 3.32. The van der Waals surface area contributed by atoms with Gasteiger partial charge in [0.05, 0.1) is 0 Å². The molecular weight excluding hydrogens is 172 g/mol. The molecule has 0 bridgehead atoms. The van der Waals surface area contributed by atoms with Gasteiger partial charge in [-0.25, -0.2) is 4.98 Å². The summed E-state index contributed by atoms with van der Waals surface area (Å²) >= 11 is 1.40. The van der Waals surface area contributed by atoms with Crippen molar-refractivity contribution in [3.05, 3.63) is 5.82 Å². The predicted molar refractivity (Wildman–Crippen MR) is 51.4 cm³/mol. The number of anilines is 1. The van der Waals surface area contributed by atoms with E-state index in [1.54, 1.807) is 0 Å². The van der Waals surface area contributed by atoms with Gasteiger partial charge < -0.3 is 11.1 Å². The van der Waals surface area contributed by atoms with Crippen molar-refractivity contribution in [1.82, 2.24) is 9.36 Å². The van der Waals surface area contributed by atoms with Crippen molar-refractivity contribution in [2.75, 3.05) is 18.4 Å². The van der Waals surface area contributed by atoms with Gasteiger partial charge in [0.25, 0.3) is 0 Å². The second kappa shape index (κ2) is 5.05. The zero-order chi connectivity index (χ0) is 8.81. The van der Waals surface area contributed by atoms with Crippen molar-refractivity contribution in [2.24, 2.45) is 5.73 Å². The van der Waals surface area contributed by atoms with E-state index < -0.39 is 0 Å². The molecule has 0 aromatic carbocycles. The number of aromatic nitrogens is 2. The lowest BCUT2D eigenvalue weighted by Gasteiger charge is -1.99. The molecule has 0 radical (unpaired) electrons. The van der Waals surface area contributed by atoms with Crippen molar-refractivity contribution in [1.29, 1.82) is 0 Å². The zero-order valence-electron chi connectivity index (χ0n) is 7.21. The van der Waals surface area contributed by atoms with Crippen LogP contribution < -0.4 is 11.1 Å². The molecule has 0 aliphatic rings. The molecule has 68 valence electrons. The standard InChI is InChI=1S/C7H14N4S/c1-6-10-7(12-11-6)9-5-3-2-4-8/h2-5,8H2,1H3,(H,9,10,11). The summed E-state index contributed by atoms with van der Waals surface area (Å²) in [7, 11) is 0. The van der Waals surface area contributed by atoms with Crippen LogP contribution in [0.4, 0.5) is 5.13 Å². The first-order chi connectivity index (χ1) is 5.83. The Labute approximate surface area is 76.4 Å². The van der Waals surface area contributed by atoms with Crippen LogP contribution in [0.1, 0.15) is 18.7 Å². The lowest BCUT2D eigenvalue weighted by Crippen LogP contribution is -2.05. The molecule has 1 aromatic heterocycles. The lowest BCUT2D eigenvalue weighted by atomic mass is 10.3. The topological polar surface area (TPSA) is 63.8 Å². The molecule has 12 heavy (non-hydrogen) atoms. The molecule has 0 aliphatic heterocycles. The minimum atomic E-state index is 0.761. The highest BCUT2D eigenvalue weighted by atomic mass is 32.1. The summed E-state index contributed by atoms with van der Waals surface area (Å²) < 4.78 is 4.06. The highest BCUT2D eigenvalue weighted by Gasteiger charge is 1.96. The normalized spacial score (nSPS) is 10.2. The fraction of sp³-hybridized carbons (Fsp3) is 0.714. The largest absolute Gasteiger partial charge is 0.360 e. The van der Waals surface area contributed by atoms with Crippen LogP contribution >= 0.6 is 11.5 Å². The minimum absolute atomic E-state index is 0.761. The SMILES string of the molecule is Cc1nsc(NCCCCN)n1. The highest BCUT2D eigenvalue weighted by Crippen LogP contribution is 2.09. The molecule has 1 rings (SSSR count). The average Bonchev–Trinajstić information content (AvgIpc) is 2.45. The maximum absolute atomic E-state index is 5.36. The van der Waals surface area contributed by atoms with Gasteiger partial charge in [0.1, 0.15) is 5.82 Å². The second-order valence-electron chi connectivity index (χ2n) is 2.57. The van der Waals surface area contributed by atoms with Gasteiger partial charge in [-0.1, -0.05) is 0 Å². The Morgan fingerprint density at radius 3 is 2.92 bits per heavy atom. The average molecular weight is 186 g/mol. The number of nitrogens with zero attached hydrogens (tertiary/aromatic N) is 2. The molecule has 1 aromatic rings. The molecule has 0 saturated carbocycles. The fourth-order valence-corrected chi connectivity index (χ4v) is 1.43. The van der Waals surface area contributed by atoms with Crippen molar-refractivity contribution < 1.29 is 0 Å². The molecule has 0 aliphatic carbocycles. The van der Waals surface area contributed by atoms with Crippen LogP contribution in [0.25, 0.3) is 0 Å². The number of hydrogen-bond donors (Lipinski definition) is 2. The van der Waals surface area contributed by atoms with Crippen LogP contribution in [0.15, 0.2) is 0 Å². The number of hydrogen-bond acceptors (Lipinski definition) is 5. The third-order valence-corrected chi connectivity index (χ3v) is 2.20. The molecule has 4 nitrogen and oxygen atoms in total. The van der Waals surface area contributed by atoms with E-state index in [-0.39, 0.29) is 0 Å². The Balaban J connectivity index is 2.15. The summed E-state index contributed by atoms with van der Waals surface area (Å²) in [5, 5.41) is 4.10. The monoisotopic (exact) mass is 186 g/mol. The van der Waals surface area contributed by atoms with E-state index in [0.29, 0.717) is 0 Å². The minimum Gasteiger partial charge on any atom is -0.360 e. The van der Waals surface area contributed by atoms with E-state index in [9.17, 15) is 0 Å². The van der Waals surface area contributed by atoms with Gasteiger partial charge in [-0.05, 0) is 26.3 Å². The molecule has 0 spiro atoms. The van der Waals surface area contributed by atoms with Crippen molar-refractivity contribution in [2.45, 2.75) is 19.8 Å². The number of nitrogens with one attached hydrogen (secondary N) is 1. The van der Waals surface area contributed by atoms with E-state index in [1.165, 1.54) is 11.5 Å². The Kier molecular flexibility index (Phi) is 3.96. The zero-order valence-corrected chi connectivity index (χ0v) is 8.02. The first kappa shape index (κ1) is 9.41. The molecule has 0 fully saturated rings. The molecule has 0 atom stereocenters. The maximum Gasteiger partial charge on any atom is 0.202 e. The lowest BCUT2D eigenvalue weighted by molar-refractivity contribution is 0.773. The molecule has 0 saturated heterocycles. The number of nitrogens with two attached hydrogens (primary N) is 1.